The summed E-state index contributed by atoms with van der Waals surface area (Å²) in [6.45, 7) is 0. The molecule has 2 heterocycles. The normalized spacial score (nSPS) is 10.2. The SMILES string of the molecule is Nc1cc(=O)[nH]c(SCc2ncccn2)n1. The molecule has 0 radical (unpaired) electrons. The van der Waals surface area contributed by atoms with E-state index in [1.165, 1.54) is 17.8 Å². The van der Waals surface area contributed by atoms with Crippen LogP contribution < -0.4 is 11.3 Å². The van der Waals surface area contributed by atoms with Crippen molar-refractivity contribution in [2.45, 2.75) is 10.9 Å². The van der Waals surface area contributed by atoms with Crippen molar-refractivity contribution in [3.05, 3.63) is 40.7 Å². The van der Waals surface area contributed by atoms with Gasteiger partial charge in [0.25, 0.3) is 5.56 Å². The molecule has 7 heteroatoms. The second-order valence-electron chi connectivity index (χ2n) is 2.93. The Bertz CT molecular complexity index is 527. The maximum absolute atomic E-state index is 11.1. The summed E-state index contributed by atoms with van der Waals surface area (Å²) in [5, 5.41) is 0.470. The summed E-state index contributed by atoms with van der Waals surface area (Å²) in [4.78, 5) is 25.8. The molecule has 0 unspecified atom stereocenters. The molecule has 3 N–H and O–H groups in total. The van der Waals surface area contributed by atoms with Crippen LogP contribution in [0.1, 0.15) is 5.82 Å². The molecule has 6 nitrogen and oxygen atoms in total. The number of H-pyrrole nitrogens is 1. The highest BCUT2D eigenvalue weighted by atomic mass is 32.2. The zero-order chi connectivity index (χ0) is 11.4. The second kappa shape index (κ2) is 4.75. The van der Waals surface area contributed by atoms with Gasteiger partial charge < -0.3 is 10.7 Å². The monoisotopic (exact) mass is 235 g/mol. The van der Waals surface area contributed by atoms with Gasteiger partial charge in [-0.15, -0.1) is 0 Å². The summed E-state index contributed by atoms with van der Waals surface area (Å²) in [6, 6.07) is 2.98. The van der Waals surface area contributed by atoms with Crippen molar-refractivity contribution in [3.8, 4) is 0 Å². The summed E-state index contributed by atoms with van der Waals surface area (Å²) in [5.74, 6) is 1.42. The lowest BCUT2D eigenvalue weighted by molar-refractivity contribution is 0.939. The van der Waals surface area contributed by atoms with E-state index in [9.17, 15) is 4.79 Å². The number of nitrogen functional groups attached to an aromatic ring is 1. The van der Waals surface area contributed by atoms with Gasteiger partial charge in [-0.2, -0.15) is 0 Å². The number of anilines is 1. The molecule has 0 saturated heterocycles. The Kier molecular flexibility index (Phi) is 3.16. The Labute approximate surface area is 95.4 Å². The molecular weight excluding hydrogens is 226 g/mol. The Morgan fingerprint density at radius 2 is 2.12 bits per heavy atom. The Morgan fingerprint density at radius 1 is 1.38 bits per heavy atom. The zero-order valence-electron chi connectivity index (χ0n) is 8.25. The zero-order valence-corrected chi connectivity index (χ0v) is 9.07. The van der Waals surface area contributed by atoms with Gasteiger partial charge in [0.2, 0.25) is 0 Å². The molecule has 0 saturated carbocycles. The van der Waals surface area contributed by atoms with Crippen LogP contribution in [0, 0.1) is 0 Å². The first-order chi connectivity index (χ1) is 7.74. The van der Waals surface area contributed by atoms with Gasteiger partial charge in [0.15, 0.2) is 5.16 Å². The molecule has 0 aliphatic carbocycles. The van der Waals surface area contributed by atoms with Crippen LogP contribution in [0.25, 0.3) is 0 Å². The molecule has 16 heavy (non-hydrogen) atoms. The quantitative estimate of drug-likeness (QED) is 0.591. The van der Waals surface area contributed by atoms with E-state index in [-0.39, 0.29) is 11.4 Å². The predicted octanol–water partition coefficient (Wildman–Crippen LogP) is 0.434. The first kappa shape index (κ1) is 10.6. The van der Waals surface area contributed by atoms with E-state index in [0.717, 1.165) is 0 Å². The van der Waals surface area contributed by atoms with Crippen LogP contribution in [0.4, 0.5) is 5.82 Å². The summed E-state index contributed by atoms with van der Waals surface area (Å²) < 4.78 is 0. The summed E-state index contributed by atoms with van der Waals surface area (Å²) >= 11 is 1.33. The molecule has 0 fully saturated rings. The first-order valence-electron chi connectivity index (χ1n) is 4.49. The van der Waals surface area contributed by atoms with Crippen molar-refractivity contribution >= 4 is 17.6 Å². The van der Waals surface area contributed by atoms with Gasteiger partial charge in [0.05, 0.1) is 5.75 Å². The third kappa shape index (κ3) is 2.80. The molecule has 2 aromatic heterocycles. The predicted molar refractivity (Wildman–Crippen MR) is 60.9 cm³/mol. The van der Waals surface area contributed by atoms with Crippen molar-refractivity contribution in [3.63, 3.8) is 0 Å². The molecular formula is C9H9N5OS. The minimum atomic E-state index is -0.260. The third-order valence-corrected chi connectivity index (χ3v) is 2.57. The number of thioether (sulfide) groups is 1. The lowest BCUT2D eigenvalue weighted by Crippen LogP contribution is -2.09. The average Bonchev–Trinajstić information content (AvgIpc) is 2.27. The molecule has 0 bridgehead atoms. The highest BCUT2D eigenvalue weighted by Gasteiger charge is 2.01. The van der Waals surface area contributed by atoms with Crippen LogP contribution in [-0.2, 0) is 5.75 Å². The smallest absolute Gasteiger partial charge is 0.253 e. The summed E-state index contributed by atoms with van der Waals surface area (Å²) in [7, 11) is 0. The van der Waals surface area contributed by atoms with E-state index in [4.69, 9.17) is 5.73 Å². The lowest BCUT2D eigenvalue weighted by atomic mass is 10.6. The highest BCUT2D eigenvalue weighted by Crippen LogP contribution is 2.15. The van der Waals surface area contributed by atoms with E-state index >= 15 is 0 Å². The van der Waals surface area contributed by atoms with Crippen LogP contribution in [0.15, 0.2) is 34.5 Å². The van der Waals surface area contributed by atoms with Crippen molar-refractivity contribution in [1.29, 1.82) is 0 Å². The van der Waals surface area contributed by atoms with E-state index in [2.05, 4.69) is 19.9 Å². The first-order valence-corrected chi connectivity index (χ1v) is 5.48. The van der Waals surface area contributed by atoms with Crippen LogP contribution in [0.3, 0.4) is 0 Å². The molecule has 0 aliphatic heterocycles. The van der Waals surface area contributed by atoms with Crippen molar-refractivity contribution in [1.82, 2.24) is 19.9 Å². The van der Waals surface area contributed by atoms with Crippen LogP contribution in [-0.4, -0.2) is 19.9 Å². The maximum atomic E-state index is 11.1. The van der Waals surface area contributed by atoms with Gasteiger partial charge in [-0.3, -0.25) is 4.79 Å². The number of hydrogen-bond donors (Lipinski definition) is 2. The van der Waals surface area contributed by atoms with Gasteiger partial charge in [0, 0.05) is 18.5 Å². The largest absolute Gasteiger partial charge is 0.383 e. The molecule has 82 valence electrons. The van der Waals surface area contributed by atoms with E-state index < -0.39 is 0 Å². The van der Waals surface area contributed by atoms with Crippen molar-refractivity contribution in [2.24, 2.45) is 0 Å². The molecule has 0 aromatic carbocycles. The Hall–Kier alpha value is -1.89. The number of nitrogens with two attached hydrogens (primary N) is 1. The molecule has 0 atom stereocenters. The van der Waals surface area contributed by atoms with Gasteiger partial charge >= 0.3 is 0 Å². The maximum Gasteiger partial charge on any atom is 0.253 e. The standard InChI is InChI=1S/C9H9N5OS/c10-6-4-8(15)14-9(13-6)16-5-7-11-2-1-3-12-7/h1-4H,5H2,(H3,10,13,14,15). The summed E-state index contributed by atoms with van der Waals surface area (Å²) in [5.41, 5.74) is 5.19. The van der Waals surface area contributed by atoms with Crippen LogP contribution in [0.2, 0.25) is 0 Å². The topological polar surface area (TPSA) is 97.6 Å². The van der Waals surface area contributed by atoms with Gasteiger partial charge in [-0.05, 0) is 6.07 Å². The van der Waals surface area contributed by atoms with Gasteiger partial charge in [0.1, 0.15) is 11.6 Å². The number of hydrogen-bond acceptors (Lipinski definition) is 6. The van der Waals surface area contributed by atoms with Crippen molar-refractivity contribution < 1.29 is 0 Å². The molecule has 0 spiro atoms. The van der Waals surface area contributed by atoms with Crippen molar-refractivity contribution in [2.75, 3.05) is 5.73 Å². The minimum absolute atomic E-state index is 0.209. The number of nitrogens with one attached hydrogen (secondary N) is 1. The number of aromatic nitrogens is 4. The number of rotatable bonds is 3. The fourth-order valence-corrected chi connectivity index (χ4v) is 1.82. The third-order valence-electron chi connectivity index (χ3n) is 1.70. The van der Waals surface area contributed by atoms with E-state index in [0.29, 0.717) is 16.7 Å². The minimum Gasteiger partial charge on any atom is -0.383 e. The fourth-order valence-electron chi connectivity index (χ4n) is 1.06. The summed E-state index contributed by atoms with van der Waals surface area (Å²) in [6.07, 6.45) is 3.33. The molecule has 0 aliphatic rings. The highest BCUT2D eigenvalue weighted by molar-refractivity contribution is 7.98. The van der Waals surface area contributed by atoms with E-state index in [1.54, 1.807) is 18.5 Å². The lowest BCUT2D eigenvalue weighted by Gasteiger charge is -2.00. The van der Waals surface area contributed by atoms with Crippen LogP contribution in [0.5, 0.6) is 0 Å². The number of aromatic amines is 1. The van der Waals surface area contributed by atoms with Crippen LogP contribution >= 0.6 is 11.8 Å². The average molecular weight is 235 g/mol. The second-order valence-corrected chi connectivity index (χ2v) is 3.89. The molecule has 2 rings (SSSR count). The number of nitrogens with zero attached hydrogens (tertiary/aromatic N) is 3. The molecule has 2 aromatic rings. The van der Waals surface area contributed by atoms with Gasteiger partial charge in [-0.1, -0.05) is 11.8 Å². The Balaban J connectivity index is 2.08. The Morgan fingerprint density at radius 3 is 2.81 bits per heavy atom. The van der Waals surface area contributed by atoms with Gasteiger partial charge in [-0.25, -0.2) is 15.0 Å². The van der Waals surface area contributed by atoms with E-state index in [1.807, 2.05) is 0 Å². The fraction of sp³-hybridized carbons (Fsp3) is 0.111. The molecule has 0 amide bonds.